The van der Waals surface area contributed by atoms with Crippen molar-refractivity contribution in [2.45, 2.75) is 63.6 Å². The fourth-order valence-corrected chi connectivity index (χ4v) is 6.99. The molecule has 4 rings (SSSR count). The van der Waals surface area contributed by atoms with Crippen molar-refractivity contribution in [1.29, 1.82) is 0 Å². The van der Waals surface area contributed by atoms with Crippen LogP contribution in [0.3, 0.4) is 0 Å². The highest BCUT2D eigenvalue weighted by atomic mass is 31.2. The zero-order valence-electron chi connectivity index (χ0n) is 22.4. The summed E-state index contributed by atoms with van der Waals surface area (Å²) in [5.74, 6) is -0.398. The van der Waals surface area contributed by atoms with Gasteiger partial charge in [0.05, 0.1) is 11.3 Å². The molecule has 1 fully saturated rings. The minimum atomic E-state index is -3.96. The Kier molecular flexibility index (Phi) is 10.5. The molecule has 5 nitrogen and oxygen atoms in total. The maximum Gasteiger partial charge on any atom is 0.330 e. The van der Waals surface area contributed by atoms with Gasteiger partial charge in [0.15, 0.2) is 0 Å². The lowest BCUT2D eigenvalue weighted by atomic mass is 9.92. The fourth-order valence-electron chi connectivity index (χ4n) is 5.11. The summed E-state index contributed by atoms with van der Waals surface area (Å²) in [5.41, 5.74) is 3.14. The Labute approximate surface area is 232 Å². The molecule has 3 aromatic rings. The zero-order valence-corrected chi connectivity index (χ0v) is 23.3. The predicted octanol–water partition coefficient (Wildman–Crippen LogP) is 7.43. The van der Waals surface area contributed by atoms with E-state index in [9.17, 15) is 14.3 Å². The second-order valence-corrected chi connectivity index (χ2v) is 12.1. The standard InChI is InChI=1S/C33H38NO4P/c1-2-3-4-5-12-21-33(35)38-32-20-14-13-19-31(32)34(39(36,37)30-17-10-7-11-18-30)26-27-22-24-29(25-23-27)28-15-8-6-9-16-28/h2,6-12,15-18,21-25,31-32H,1,3-5,13-14,19-20,26H2,(H,36,37)/b21-12+/t31-,32-/m1/s1. The van der Waals surface area contributed by atoms with Crippen LogP contribution in [0.4, 0.5) is 0 Å². The maximum absolute atomic E-state index is 14.1. The number of carbonyl (C=O) groups is 1. The Balaban J connectivity index is 1.58. The van der Waals surface area contributed by atoms with Crippen LogP contribution in [0.15, 0.2) is 110 Å². The average molecular weight is 544 g/mol. The molecular weight excluding hydrogens is 505 g/mol. The quantitative estimate of drug-likeness (QED) is 0.0846. The van der Waals surface area contributed by atoms with Gasteiger partial charge in [-0.3, -0.25) is 4.57 Å². The summed E-state index contributed by atoms with van der Waals surface area (Å²) >= 11 is 0. The number of allylic oxidation sites excluding steroid dienone is 2. The summed E-state index contributed by atoms with van der Waals surface area (Å²) in [4.78, 5) is 24.3. The van der Waals surface area contributed by atoms with Gasteiger partial charge in [-0.15, -0.1) is 6.58 Å². The van der Waals surface area contributed by atoms with E-state index in [2.05, 4.69) is 18.7 Å². The molecule has 1 N–H and O–H groups in total. The number of unbranched alkanes of at least 4 members (excludes halogenated alkanes) is 2. The molecule has 0 amide bonds. The molecule has 0 bridgehead atoms. The van der Waals surface area contributed by atoms with E-state index in [1.165, 1.54) is 6.08 Å². The van der Waals surface area contributed by atoms with Gasteiger partial charge in [0, 0.05) is 12.6 Å². The van der Waals surface area contributed by atoms with E-state index >= 15 is 0 Å². The highest BCUT2D eigenvalue weighted by Gasteiger charge is 2.42. The number of hydrogen-bond acceptors (Lipinski definition) is 3. The minimum Gasteiger partial charge on any atom is -0.458 e. The van der Waals surface area contributed by atoms with Gasteiger partial charge in [-0.1, -0.05) is 91.4 Å². The molecule has 1 aliphatic rings. The molecule has 0 radical (unpaired) electrons. The lowest BCUT2D eigenvalue weighted by Crippen LogP contribution is -2.46. The molecule has 1 unspecified atom stereocenters. The SMILES string of the molecule is C=CCCC/C=C/C(=O)O[C@@H]1CCCC[C@H]1N(Cc1ccc(-c2ccccc2)cc1)P(=O)(O)c1ccccc1. The van der Waals surface area contributed by atoms with E-state index in [0.717, 1.165) is 48.8 Å². The lowest BCUT2D eigenvalue weighted by Gasteiger charge is -2.41. The number of ether oxygens (including phenoxy) is 1. The molecule has 39 heavy (non-hydrogen) atoms. The second kappa shape index (κ2) is 14.2. The third-order valence-corrected chi connectivity index (χ3v) is 9.30. The summed E-state index contributed by atoms with van der Waals surface area (Å²) in [6.07, 6.45) is 10.5. The fraction of sp³-hybridized carbons (Fsp3) is 0.303. The zero-order chi connectivity index (χ0) is 27.5. The van der Waals surface area contributed by atoms with Crippen LogP contribution in [0.1, 0.15) is 50.5 Å². The molecule has 6 heteroatoms. The molecule has 0 heterocycles. The van der Waals surface area contributed by atoms with Gasteiger partial charge < -0.3 is 9.63 Å². The van der Waals surface area contributed by atoms with Crippen molar-refractivity contribution in [2.24, 2.45) is 0 Å². The Morgan fingerprint density at radius 2 is 1.56 bits per heavy atom. The summed E-state index contributed by atoms with van der Waals surface area (Å²) in [6.45, 7) is 3.99. The Bertz CT molecular complexity index is 1270. The van der Waals surface area contributed by atoms with Crippen LogP contribution in [-0.2, 0) is 20.6 Å². The summed E-state index contributed by atoms with van der Waals surface area (Å²) in [7, 11) is -3.96. The van der Waals surface area contributed by atoms with Gasteiger partial charge in [0.1, 0.15) is 6.10 Å². The minimum absolute atomic E-state index is 0.272. The first-order chi connectivity index (χ1) is 19.0. The van der Waals surface area contributed by atoms with Gasteiger partial charge >= 0.3 is 5.97 Å². The molecule has 204 valence electrons. The normalized spacial score (nSPS) is 19.0. The molecule has 3 atom stereocenters. The van der Waals surface area contributed by atoms with Crippen LogP contribution in [0.5, 0.6) is 0 Å². The number of esters is 1. The maximum atomic E-state index is 14.1. The molecule has 3 aromatic carbocycles. The monoisotopic (exact) mass is 543 g/mol. The Hall–Kier alpha value is -3.24. The molecule has 0 saturated heterocycles. The van der Waals surface area contributed by atoms with Gasteiger partial charge in [0.25, 0.3) is 7.52 Å². The summed E-state index contributed by atoms with van der Waals surface area (Å²) < 4.78 is 21.7. The van der Waals surface area contributed by atoms with Crippen molar-refractivity contribution in [2.75, 3.05) is 0 Å². The third-order valence-electron chi connectivity index (χ3n) is 7.20. The number of benzene rings is 3. The van der Waals surface area contributed by atoms with Gasteiger partial charge in [-0.2, -0.15) is 0 Å². The molecule has 1 aliphatic carbocycles. The van der Waals surface area contributed by atoms with Crippen LogP contribution >= 0.6 is 7.52 Å². The van der Waals surface area contributed by atoms with E-state index < -0.39 is 19.6 Å². The van der Waals surface area contributed by atoms with E-state index in [1.54, 1.807) is 28.9 Å². The van der Waals surface area contributed by atoms with Crippen LogP contribution in [0.25, 0.3) is 11.1 Å². The average Bonchev–Trinajstić information content (AvgIpc) is 2.97. The smallest absolute Gasteiger partial charge is 0.330 e. The topological polar surface area (TPSA) is 66.8 Å². The van der Waals surface area contributed by atoms with Gasteiger partial charge in [-0.05, 0) is 67.3 Å². The van der Waals surface area contributed by atoms with Crippen molar-refractivity contribution in [1.82, 2.24) is 4.67 Å². The first kappa shape index (κ1) is 28.8. The Morgan fingerprint density at radius 3 is 2.26 bits per heavy atom. The predicted molar refractivity (Wildman–Crippen MR) is 159 cm³/mol. The second-order valence-electron chi connectivity index (χ2n) is 9.99. The van der Waals surface area contributed by atoms with Gasteiger partial charge in [0.2, 0.25) is 0 Å². The Morgan fingerprint density at radius 1 is 0.923 bits per heavy atom. The highest BCUT2D eigenvalue weighted by Crippen LogP contribution is 2.49. The summed E-state index contributed by atoms with van der Waals surface area (Å²) in [5, 5.41) is 0.378. The number of hydrogen-bond donors (Lipinski definition) is 1. The lowest BCUT2D eigenvalue weighted by molar-refractivity contribution is -0.147. The number of nitrogens with zero attached hydrogens (tertiary/aromatic N) is 1. The number of rotatable bonds is 12. The van der Waals surface area contributed by atoms with Crippen molar-refractivity contribution < 1.29 is 19.0 Å². The summed E-state index contributed by atoms with van der Waals surface area (Å²) in [6, 6.07) is 26.7. The van der Waals surface area contributed by atoms with Gasteiger partial charge in [-0.25, -0.2) is 9.46 Å². The molecular formula is C33H38NO4P. The molecule has 0 spiro atoms. The first-order valence-electron chi connectivity index (χ1n) is 13.8. The van der Waals surface area contributed by atoms with Crippen molar-refractivity contribution >= 4 is 18.8 Å². The van der Waals surface area contributed by atoms with E-state index in [4.69, 9.17) is 4.74 Å². The molecule has 0 aromatic heterocycles. The third kappa shape index (κ3) is 7.89. The van der Waals surface area contributed by atoms with E-state index in [0.29, 0.717) is 18.1 Å². The first-order valence-corrected chi connectivity index (χ1v) is 15.4. The van der Waals surface area contributed by atoms with Crippen LogP contribution in [-0.4, -0.2) is 27.7 Å². The largest absolute Gasteiger partial charge is 0.458 e. The number of carbonyl (C=O) groups excluding carboxylic acids is 1. The molecule has 0 aliphatic heterocycles. The molecule has 1 saturated carbocycles. The van der Waals surface area contributed by atoms with Crippen molar-refractivity contribution in [3.8, 4) is 11.1 Å². The van der Waals surface area contributed by atoms with E-state index in [1.807, 2.05) is 60.7 Å². The van der Waals surface area contributed by atoms with Crippen LogP contribution in [0.2, 0.25) is 0 Å². The van der Waals surface area contributed by atoms with Crippen molar-refractivity contribution in [3.05, 3.63) is 115 Å². The van der Waals surface area contributed by atoms with Crippen molar-refractivity contribution in [3.63, 3.8) is 0 Å². The highest BCUT2D eigenvalue weighted by molar-refractivity contribution is 7.63. The van der Waals surface area contributed by atoms with E-state index in [-0.39, 0.29) is 12.6 Å². The van der Waals surface area contributed by atoms with Crippen LogP contribution in [0, 0.1) is 0 Å². The van der Waals surface area contributed by atoms with Crippen LogP contribution < -0.4 is 5.30 Å².